The summed E-state index contributed by atoms with van der Waals surface area (Å²) >= 11 is 2.03. The number of rotatable bonds is 3. The van der Waals surface area contributed by atoms with Crippen LogP contribution in [0.1, 0.15) is 39.5 Å². The quantitative estimate of drug-likeness (QED) is 0.756. The summed E-state index contributed by atoms with van der Waals surface area (Å²) in [6.07, 6.45) is 5.68. The maximum absolute atomic E-state index is 9.43. The highest BCUT2D eigenvalue weighted by Gasteiger charge is 2.40. The molecular formula is C11H20OS. The first-order valence-electron chi connectivity index (χ1n) is 5.50. The van der Waals surface area contributed by atoms with Crippen LogP contribution in [0.5, 0.6) is 0 Å². The molecular weight excluding hydrogens is 180 g/mol. The smallest absolute Gasteiger partial charge is 0.0628 e. The molecule has 2 aliphatic carbocycles. The van der Waals surface area contributed by atoms with Crippen LogP contribution >= 0.6 is 11.8 Å². The molecule has 76 valence electrons. The van der Waals surface area contributed by atoms with Crippen LogP contribution in [-0.4, -0.2) is 21.7 Å². The zero-order chi connectivity index (χ0) is 9.42. The lowest BCUT2D eigenvalue weighted by atomic mass is 10.0. The van der Waals surface area contributed by atoms with Crippen LogP contribution in [0.25, 0.3) is 0 Å². The van der Waals surface area contributed by atoms with Crippen molar-refractivity contribution < 1.29 is 5.11 Å². The summed E-state index contributed by atoms with van der Waals surface area (Å²) in [6, 6.07) is 0. The molecule has 2 aliphatic rings. The lowest BCUT2D eigenvalue weighted by Crippen LogP contribution is -2.22. The van der Waals surface area contributed by atoms with Gasteiger partial charge in [0.1, 0.15) is 0 Å². The van der Waals surface area contributed by atoms with E-state index in [0.29, 0.717) is 5.25 Å². The molecule has 2 heteroatoms. The minimum absolute atomic E-state index is 0.149. The van der Waals surface area contributed by atoms with Gasteiger partial charge in [0.25, 0.3) is 0 Å². The van der Waals surface area contributed by atoms with Crippen LogP contribution in [0.15, 0.2) is 0 Å². The fourth-order valence-electron chi connectivity index (χ4n) is 2.74. The van der Waals surface area contributed by atoms with Gasteiger partial charge in [-0.05, 0) is 38.0 Å². The molecule has 1 nitrogen and oxygen atoms in total. The first kappa shape index (κ1) is 9.85. The maximum atomic E-state index is 9.43. The predicted octanol–water partition coefficient (Wildman–Crippen LogP) is 2.68. The summed E-state index contributed by atoms with van der Waals surface area (Å²) in [7, 11) is 0. The van der Waals surface area contributed by atoms with Crippen molar-refractivity contribution in [1.82, 2.24) is 0 Å². The predicted molar refractivity (Wildman–Crippen MR) is 58.0 cm³/mol. The molecule has 2 fully saturated rings. The minimum Gasteiger partial charge on any atom is -0.392 e. The van der Waals surface area contributed by atoms with Gasteiger partial charge in [0.15, 0.2) is 0 Å². The normalized spacial score (nSPS) is 42.2. The molecule has 5 atom stereocenters. The number of aliphatic hydroxyl groups excluding tert-OH is 1. The van der Waals surface area contributed by atoms with Gasteiger partial charge in [0.05, 0.1) is 6.10 Å². The molecule has 0 saturated heterocycles. The fourth-order valence-corrected chi connectivity index (χ4v) is 4.37. The van der Waals surface area contributed by atoms with E-state index in [2.05, 4.69) is 6.92 Å². The van der Waals surface area contributed by atoms with Crippen molar-refractivity contribution in [1.29, 1.82) is 0 Å². The summed E-state index contributed by atoms with van der Waals surface area (Å²) in [6.45, 7) is 4.06. The number of hydrogen-bond donors (Lipinski definition) is 1. The van der Waals surface area contributed by atoms with Crippen molar-refractivity contribution in [3.63, 3.8) is 0 Å². The first-order valence-corrected chi connectivity index (χ1v) is 6.44. The van der Waals surface area contributed by atoms with E-state index in [1.807, 2.05) is 18.7 Å². The lowest BCUT2D eigenvalue weighted by molar-refractivity contribution is 0.196. The molecule has 2 bridgehead atoms. The summed E-state index contributed by atoms with van der Waals surface area (Å²) in [4.78, 5) is 0. The molecule has 0 amide bonds. The third-order valence-corrected chi connectivity index (χ3v) is 5.49. The third kappa shape index (κ3) is 2.04. The van der Waals surface area contributed by atoms with Crippen LogP contribution in [0.3, 0.4) is 0 Å². The number of thioether (sulfide) groups is 1. The Balaban J connectivity index is 1.83. The van der Waals surface area contributed by atoms with E-state index in [1.165, 1.54) is 25.7 Å². The Kier molecular flexibility index (Phi) is 2.89. The molecule has 0 aromatic heterocycles. The molecule has 0 radical (unpaired) electrons. The van der Waals surface area contributed by atoms with E-state index in [-0.39, 0.29) is 6.10 Å². The summed E-state index contributed by atoms with van der Waals surface area (Å²) < 4.78 is 0. The van der Waals surface area contributed by atoms with Crippen molar-refractivity contribution in [2.24, 2.45) is 11.8 Å². The molecule has 13 heavy (non-hydrogen) atoms. The molecule has 0 aromatic rings. The van der Waals surface area contributed by atoms with E-state index >= 15 is 0 Å². The largest absolute Gasteiger partial charge is 0.392 e. The van der Waals surface area contributed by atoms with Gasteiger partial charge >= 0.3 is 0 Å². The van der Waals surface area contributed by atoms with Crippen LogP contribution in [0.4, 0.5) is 0 Å². The molecule has 0 aromatic carbocycles. The van der Waals surface area contributed by atoms with Gasteiger partial charge in [-0.15, -0.1) is 0 Å². The van der Waals surface area contributed by atoms with Crippen molar-refractivity contribution in [2.45, 2.75) is 56.1 Å². The SMILES string of the molecule is CC(O)C(C)SC1CC2CCC1C2. The average Bonchev–Trinajstić information content (AvgIpc) is 2.64. The van der Waals surface area contributed by atoms with Crippen LogP contribution in [-0.2, 0) is 0 Å². The Bertz CT molecular complexity index is 181. The Labute approximate surface area is 85.3 Å². The van der Waals surface area contributed by atoms with Crippen LogP contribution in [0, 0.1) is 11.8 Å². The van der Waals surface area contributed by atoms with Gasteiger partial charge in [-0.1, -0.05) is 13.3 Å². The van der Waals surface area contributed by atoms with Crippen LogP contribution in [0.2, 0.25) is 0 Å². The van der Waals surface area contributed by atoms with Crippen molar-refractivity contribution in [3.8, 4) is 0 Å². The molecule has 2 saturated carbocycles. The molecule has 5 unspecified atom stereocenters. The van der Waals surface area contributed by atoms with Gasteiger partial charge in [0.2, 0.25) is 0 Å². The van der Waals surface area contributed by atoms with E-state index in [0.717, 1.165) is 17.1 Å². The Hall–Kier alpha value is 0.310. The highest BCUT2D eigenvalue weighted by atomic mass is 32.2. The van der Waals surface area contributed by atoms with Crippen molar-refractivity contribution in [2.75, 3.05) is 0 Å². The molecule has 1 N–H and O–H groups in total. The standard InChI is InChI=1S/C11H20OS/c1-7(12)8(2)13-11-6-9-3-4-10(11)5-9/h7-12H,3-6H2,1-2H3. The fraction of sp³-hybridized carbons (Fsp3) is 1.00. The van der Waals surface area contributed by atoms with Crippen molar-refractivity contribution in [3.05, 3.63) is 0 Å². The van der Waals surface area contributed by atoms with E-state index in [1.54, 1.807) is 0 Å². The molecule has 0 aliphatic heterocycles. The lowest BCUT2D eigenvalue weighted by Gasteiger charge is -2.25. The number of fused-ring (bicyclic) bond motifs is 2. The first-order chi connectivity index (χ1) is 6.16. The second-order valence-corrected chi connectivity index (χ2v) is 6.42. The minimum atomic E-state index is -0.149. The van der Waals surface area contributed by atoms with Gasteiger partial charge in [-0.25, -0.2) is 0 Å². The van der Waals surface area contributed by atoms with E-state index < -0.39 is 0 Å². The topological polar surface area (TPSA) is 20.2 Å². The Morgan fingerprint density at radius 2 is 2.00 bits per heavy atom. The zero-order valence-corrected chi connectivity index (χ0v) is 9.39. The van der Waals surface area contributed by atoms with E-state index in [9.17, 15) is 5.11 Å². The summed E-state index contributed by atoms with van der Waals surface area (Å²) in [5, 5.41) is 10.7. The summed E-state index contributed by atoms with van der Waals surface area (Å²) in [5.74, 6) is 2.01. The Morgan fingerprint density at radius 1 is 1.23 bits per heavy atom. The second kappa shape index (κ2) is 3.82. The molecule has 0 heterocycles. The number of aliphatic hydroxyl groups is 1. The second-order valence-electron chi connectivity index (χ2n) is 4.80. The Morgan fingerprint density at radius 3 is 2.46 bits per heavy atom. The van der Waals surface area contributed by atoms with Gasteiger partial charge in [0, 0.05) is 10.5 Å². The number of hydrogen-bond acceptors (Lipinski definition) is 2. The molecule has 2 rings (SSSR count). The summed E-state index contributed by atoms with van der Waals surface area (Å²) in [5.41, 5.74) is 0. The van der Waals surface area contributed by atoms with Gasteiger partial charge < -0.3 is 5.11 Å². The van der Waals surface area contributed by atoms with Crippen LogP contribution < -0.4 is 0 Å². The molecule has 0 spiro atoms. The highest BCUT2D eigenvalue weighted by molar-refractivity contribution is 8.00. The zero-order valence-electron chi connectivity index (χ0n) is 8.57. The third-order valence-electron chi connectivity index (χ3n) is 3.74. The highest BCUT2D eigenvalue weighted by Crippen LogP contribution is 2.50. The maximum Gasteiger partial charge on any atom is 0.0628 e. The average molecular weight is 200 g/mol. The van der Waals surface area contributed by atoms with Crippen molar-refractivity contribution >= 4 is 11.8 Å². The monoisotopic (exact) mass is 200 g/mol. The van der Waals surface area contributed by atoms with E-state index in [4.69, 9.17) is 0 Å². The van der Waals surface area contributed by atoms with Gasteiger partial charge in [-0.3, -0.25) is 0 Å². The van der Waals surface area contributed by atoms with Gasteiger partial charge in [-0.2, -0.15) is 11.8 Å².